The number of carbonyl (C=O) groups is 2. The highest BCUT2D eigenvalue weighted by Crippen LogP contribution is 2.09. The molecule has 0 saturated carbocycles. The standard InChI is InChI=1S/C20H14O8/c21-17-11-16(12-27-19(22)7-5-14-3-1-9-24-14)26-13-18(17)28-20(23)8-6-15-4-2-10-25-15/h1-11,13H,12H2/b7-5+,8-6+. The van der Waals surface area contributed by atoms with Gasteiger partial charge in [-0.1, -0.05) is 0 Å². The summed E-state index contributed by atoms with van der Waals surface area (Å²) in [5.41, 5.74) is -0.594. The fourth-order valence-corrected chi connectivity index (χ4v) is 1.99. The van der Waals surface area contributed by atoms with Crippen LogP contribution in [0.25, 0.3) is 12.2 Å². The molecular formula is C20H14O8. The van der Waals surface area contributed by atoms with Crippen LogP contribution in [0.1, 0.15) is 17.3 Å². The second-order valence-electron chi connectivity index (χ2n) is 5.30. The van der Waals surface area contributed by atoms with Crippen LogP contribution in [0.5, 0.6) is 5.75 Å². The third-order valence-electron chi connectivity index (χ3n) is 3.27. The summed E-state index contributed by atoms with van der Waals surface area (Å²) in [6.45, 7) is -0.261. The Balaban J connectivity index is 1.52. The minimum Gasteiger partial charge on any atom is -0.465 e. The highest BCUT2D eigenvalue weighted by Gasteiger charge is 2.09. The highest BCUT2D eigenvalue weighted by atomic mass is 16.6. The zero-order valence-electron chi connectivity index (χ0n) is 14.4. The van der Waals surface area contributed by atoms with E-state index in [-0.39, 0.29) is 18.1 Å². The Kier molecular flexibility index (Phi) is 6.04. The molecule has 0 amide bonds. The molecular weight excluding hydrogens is 368 g/mol. The first-order chi connectivity index (χ1) is 13.6. The van der Waals surface area contributed by atoms with E-state index in [9.17, 15) is 14.4 Å². The average molecular weight is 382 g/mol. The van der Waals surface area contributed by atoms with Crippen molar-refractivity contribution in [1.29, 1.82) is 0 Å². The van der Waals surface area contributed by atoms with Gasteiger partial charge in [-0.2, -0.15) is 0 Å². The zero-order chi connectivity index (χ0) is 19.8. The molecule has 0 aliphatic rings. The first kappa shape index (κ1) is 18.7. The van der Waals surface area contributed by atoms with Crippen LogP contribution >= 0.6 is 0 Å². The van der Waals surface area contributed by atoms with E-state index < -0.39 is 17.4 Å². The average Bonchev–Trinajstić information content (AvgIpc) is 3.39. The molecule has 8 heteroatoms. The molecule has 142 valence electrons. The number of rotatable bonds is 7. The van der Waals surface area contributed by atoms with Crippen LogP contribution in [0.4, 0.5) is 0 Å². The minimum atomic E-state index is -0.772. The van der Waals surface area contributed by atoms with E-state index in [4.69, 9.17) is 22.7 Å². The van der Waals surface area contributed by atoms with Crippen molar-refractivity contribution in [2.24, 2.45) is 0 Å². The zero-order valence-corrected chi connectivity index (χ0v) is 14.4. The van der Waals surface area contributed by atoms with Crippen LogP contribution in [-0.2, 0) is 20.9 Å². The van der Waals surface area contributed by atoms with Gasteiger partial charge in [0.25, 0.3) is 0 Å². The molecule has 0 unspecified atom stereocenters. The van der Waals surface area contributed by atoms with Gasteiger partial charge in [0.15, 0.2) is 0 Å². The molecule has 0 aliphatic heterocycles. The molecule has 3 aromatic rings. The molecule has 3 heterocycles. The van der Waals surface area contributed by atoms with Gasteiger partial charge in [-0.3, -0.25) is 4.79 Å². The number of furan rings is 2. The van der Waals surface area contributed by atoms with E-state index in [0.29, 0.717) is 11.5 Å². The quantitative estimate of drug-likeness (QED) is 0.453. The SMILES string of the molecule is O=C(/C=C/c1ccco1)OCc1cc(=O)c(OC(=O)/C=C/c2ccco2)co1. The molecule has 0 aliphatic carbocycles. The molecule has 0 atom stereocenters. The molecule has 3 rings (SSSR count). The molecule has 0 bridgehead atoms. The Morgan fingerprint density at radius 2 is 1.57 bits per heavy atom. The summed E-state index contributed by atoms with van der Waals surface area (Å²) in [5.74, 6) is -0.654. The molecule has 28 heavy (non-hydrogen) atoms. The molecule has 0 N–H and O–H groups in total. The lowest BCUT2D eigenvalue weighted by molar-refractivity contribution is -0.139. The van der Waals surface area contributed by atoms with Crippen molar-refractivity contribution in [2.45, 2.75) is 6.61 Å². The predicted molar refractivity (Wildman–Crippen MR) is 95.9 cm³/mol. The van der Waals surface area contributed by atoms with Crippen molar-refractivity contribution >= 4 is 24.1 Å². The van der Waals surface area contributed by atoms with Gasteiger partial charge in [-0.15, -0.1) is 0 Å². The predicted octanol–water partition coefficient (Wildman–Crippen LogP) is 3.20. The summed E-state index contributed by atoms with van der Waals surface area (Å²) in [7, 11) is 0. The van der Waals surface area contributed by atoms with Crippen molar-refractivity contribution < 1.29 is 32.3 Å². The van der Waals surface area contributed by atoms with E-state index in [2.05, 4.69) is 0 Å². The normalized spacial score (nSPS) is 11.1. The first-order valence-electron chi connectivity index (χ1n) is 8.03. The number of ether oxygens (including phenoxy) is 2. The number of hydrogen-bond donors (Lipinski definition) is 0. The van der Waals surface area contributed by atoms with Crippen molar-refractivity contribution in [2.75, 3.05) is 0 Å². The summed E-state index contributed by atoms with van der Waals surface area (Å²) in [6.07, 6.45) is 9.03. The molecule has 8 nitrogen and oxygen atoms in total. The molecule has 0 fully saturated rings. The van der Waals surface area contributed by atoms with Crippen molar-refractivity contribution in [3.8, 4) is 5.75 Å². The van der Waals surface area contributed by atoms with Gasteiger partial charge in [0.05, 0.1) is 12.5 Å². The maximum absolute atomic E-state index is 12.0. The highest BCUT2D eigenvalue weighted by molar-refractivity contribution is 5.88. The van der Waals surface area contributed by atoms with Gasteiger partial charge in [0.2, 0.25) is 11.2 Å². The molecule has 0 spiro atoms. The maximum Gasteiger partial charge on any atom is 0.336 e. The second-order valence-corrected chi connectivity index (χ2v) is 5.30. The largest absolute Gasteiger partial charge is 0.465 e. The van der Waals surface area contributed by atoms with Crippen LogP contribution < -0.4 is 10.2 Å². The van der Waals surface area contributed by atoms with E-state index in [1.54, 1.807) is 24.3 Å². The maximum atomic E-state index is 12.0. The third-order valence-corrected chi connectivity index (χ3v) is 3.27. The van der Waals surface area contributed by atoms with Gasteiger partial charge in [0, 0.05) is 18.2 Å². The van der Waals surface area contributed by atoms with Gasteiger partial charge >= 0.3 is 11.9 Å². The lowest BCUT2D eigenvalue weighted by atomic mass is 10.3. The number of esters is 2. The Labute approximate surface area is 158 Å². The van der Waals surface area contributed by atoms with Gasteiger partial charge in [-0.05, 0) is 36.4 Å². The second kappa shape index (κ2) is 9.04. The summed E-state index contributed by atoms with van der Waals surface area (Å²) >= 11 is 0. The Bertz CT molecular complexity index is 1040. The minimum absolute atomic E-state index is 0.0932. The number of carbonyl (C=O) groups excluding carboxylic acids is 2. The van der Waals surface area contributed by atoms with Crippen molar-refractivity contribution in [3.05, 3.63) is 88.8 Å². The summed E-state index contributed by atoms with van der Waals surface area (Å²) in [6, 6.07) is 7.74. The van der Waals surface area contributed by atoms with Gasteiger partial charge < -0.3 is 22.7 Å². The van der Waals surface area contributed by atoms with E-state index >= 15 is 0 Å². The van der Waals surface area contributed by atoms with Crippen LogP contribution in [0, 0.1) is 0 Å². The lowest BCUT2D eigenvalue weighted by Crippen LogP contribution is -2.13. The summed E-state index contributed by atoms with van der Waals surface area (Å²) in [4.78, 5) is 35.3. The number of hydrogen-bond acceptors (Lipinski definition) is 8. The Morgan fingerprint density at radius 1 is 0.929 bits per heavy atom. The molecule has 0 saturated heterocycles. The van der Waals surface area contributed by atoms with Crippen LogP contribution in [0.2, 0.25) is 0 Å². The van der Waals surface area contributed by atoms with Crippen LogP contribution in [0.15, 0.2) is 79.3 Å². The van der Waals surface area contributed by atoms with Gasteiger partial charge in [0.1, 0.15) is 30.2 Å². The van der Waals surface area contributed by atoms with Crippen LogP contribution in [-0.4, -0.2) is 11.9 Å². The summed E-state index contributed by atoms with van der Waals surface area (Å²) < 4.78 is 25.1. The monoisotopic (exact) mass is 382 g/mol. The molecule has 0 radical (unpaired) electrons. The van der Waals surface area contributed by atoms with E-state index in [1.165, 1.54) is 30.8 Å². The van der Waals surface area contributed by atoms with E-state index in [0.717, 1.165) is 18.4 Å². The first-order valence-corrected chi connectivity index (χ1v) is 8.03. The van der Waals surface area contributed by atoms with E-state index in [1.807, 2.05) is 0 Å². The Morgan fingerprint density at radius 3 is 2.14 bits per heavy atom. The molecule has 0 aromatic carbocycles. The third kappa shape index (κ3) is 5.46. The fourth-order valence-electron chi connectivity index (χ4n) is 1.99. The fraction of sp³-hybridized carbons (Fsp3) is 0.0500. The van der Waals surface area contributed by atoms with Crippen molar-refractivity contribution in [3.63, 3.8) is 0 Å². The van der Waals surface area contributed by atoms with Gasteiger partial charge in [-0.25, -0.2) is 9.59 Å². The van der Waals surface area contributed by atoms with Crippen molar-refractivity contribution in [1.82, 2.24) is 0 Å². The smallest absolute Gasteiger partial charge is 0.336 e. The molecule has 3 aromatic heterocycles. The Hall–Kier alpha value is -4.07. The lowest BCUT2D eigenvalue weighted by Gasteiger charge is -2.03. The summed E-state index contributed by atoms with van der Waals surface area (Å²) in [5, 5.41) is 0. The topological polar surface area (TPSA) is 109 Å². The van der Waals surface area contributed by atoms with Crippen LogP contribution in [0.3, 0.4) is 0 Å².